The van der Waals surface area contributed by atoms with Crippen LogP contribution in [-0.4, -0.2) is 46.6 Å². The number of ether oxygens (including phenoxy) is 2. The highest BCUT2D eigenvalue weighted by molar-refractivity contribution is 6.60. The van der Waals surface area contributed by atoms with Crippen molar-refractivity contribution in [3.8, 4) is 0 Å². The summed E-state index contributed by atoms with van der Waals surface area (Å²) in [5, 5.41) is 0. The summed E-state index contributed by atoms with van der Waals surface area (Å²) in [6.07, 6.45) is 1.59. The Morgan fingerprint density at radius 2 is 1.81 bits per heavy atom. The van der Waals surface area contributed by atoms with E-state index in [0.29, 0.717) is 19.8 Å². The largest absolute Gasteiger partial charge is 0.501 e. The van der Waals surface area contributed by atoms with Crippen LogP contribution in [-0.2, 0) is 22.8 Å². The first-order chi connectivity index (χ1) is 9.97. The van der Waals surface area contributed by atoms with E-state index in [9.17, 15) is 0 Å². The summed E-state index contributed by atoms with van der Waals surface area (Å²) >= 11 is 0. The van der Waals surface area contributed by atoms with Gasteiger partial charge in [0.1, 0.15) is 6.10 Å². The molecule has 3 atom stereocenters. The molecule has 0 aromatic heterocycles. The van der Waals surface area contributed by atoms with Gasteiger partial charge in [-0.2, -0.15) is 0 Å². The highest BCUT2D eigenvalue weighted by atomic mass is 28.4. The van der Waals surface area contributed by atoms with Gasteiger partial charge in [0.15, 0.2) is 5.79 Å². The molecule has 0 aromatic carbocycles. The maximum Gasteiger partial charge on any atom is 0.501 e. The first kappa shape index (κ1) is 19.1. The van der Waals surface area contributed by atoms with Crippen molar-refractivity contribution in [2.75, 3.05) is 19.8 Å². The summed E-state index contributed by atoms with van der Waals surface area (Å²) < 4.78 is 30.1. The molecule has 1 aliphatic rings. The minimum absolute atomic E-state index is 0.0948. The second-order valence-corrected chi connectivity index (χ2v) is 8.14. The third kappa shape index (κ3) is 4.74. The summed E-state index contributed by atoms with van der Waals surface area (Å²) in [4.78, 5) is 0. The fraction of sp³-hybridized carbons (Fsp3) is 1.00. The van der Waals surface area contributed by atoms with E-state index in [1.54, 1.807) is 0 Å². The van der Waals surface area contributed by atoms with Crippen molar-refractivity contribution in [3.05, 3.63) is 0 Å². The smallest absolute Gasteiger partial charge is 0.374 e. The molecule has 1 heterocycles. The topological polar surface area (TPSA) is 46.2 Å². The molecule has 0 spiro atoms. The molecule has 5 nitrogen and oxygen atoms in total. The van der Waals surface area contributed by atoms with Gasteiger partial charge in [0.25, 0.3) is 0 Å². The fourth-order valence-corrected chi connectivity index (χ4v) is 5.61. The Hall–Kier alpha value is 0.0169. The predicted octanol–water partition coefficient (Wildman–Crippen LogP) is 3.36. The summed E-state index contributed by atoms with van der Waals surface area (Å²) in [7, 11) is -2.67. The van der Waals surface area contributed by atoms with Crippen LogP contribution in [0.2, 0.25) is 6.04 Å². The van der Waals surface area contributed by atoms with Gasteiger partial charge in [-0.1, -0.05) is 20.3 Å². The molecule has 0 saturated carbocycles. The van der Waals surface area contributed by atoms with Crippen molar-refractivity contribution in [2.24, 2.45) is 0 Å². The third-order valence-electron chi connectivity index (χ3n) is 3.72. The lowest BCUT2D eigenvalue weighted by atomic mass is 10.1. The van der Waals surface area contributed by atoms with Crippen LogP contribution in [0.4, 0.5) is 0 Å². The van der Waals surface area contributed by atoms with Gasteiger partial charge in [-0.3, -0.25) is 0 Å². The predicted molar refractivity (Wildman–Crippen MR) is 84.2 cm³/mol. The second-order valence-electron chi connectivity index (χ2n) is 5.46. The van der Waals surface area contributed by atoms with Crippen LogP contribution in [0, 0.1) is 0 Å². The first-order valence-electron chi connectivity index (χ1n) is 8.25. The Kier molecular flexibility index (Phi) is 7.81. The van der Waals surface area contributed by atoms with E-state index in [1.807, 2.05) is 27.7 Å². The van der Waals surface area contributed by atoms with Gasteiger partial charge in [-0.25, -0.2) is 0 Å². The van der Waals surface area contributed by atoms with E-state index in [-0.39, 0.29) is 12.2 Å². The zero-order valence-electron chi connectivity index (χ0n) is 14.4. The van der Waals surface area contributed by atoms with Gasteiger partial charge in [0.05, 0.1) is 12.7 Å². The molecule has 0 radical (unpaired) electrons. The SMILES string of the molecule is CCC[Si](OCC)(OCC)OC(C)C1(CC)OCC(C)O1. The highest BCUT2D eigenvalue weighted by Crippen LogP contribution is 2.34. The summed E-state index contributed by atoms with van der Waals surface area (Å²) in [6, 6.07) is 0.814. The normalized spacial score (nSPS) is 28.0. The quantitative estimate of drug-likeness (QED) is 0.578. The van der Waals surface area contributed by atoms with Crippen LogP contribution < -0.4 is 0 Å². The zero-order valence-corrected chi connectivity index (χ0v) is 15.4. The number of hydrogen-bond donors (Lipinski definition) is 0. The Bertz CT molecular complexity index is 285. The van der Waals surface area contributed by atoms with Crippen LogP contribution in [0.1, 0.15) is 54.4 Å². The van der Waals surface area contributed by atoms with Crippen molar-refractivity contribution in [3.63, 3.8) is 0 Å². The monoisotopic (exact) mass is 320 g/mol. The zero-order chi connectivity index (χ0) is 15.9. The van der Waals surface area contributed by atoms with Crippen LogP contribution in [0.3, 0.4) is 0 Å². The van der Waals surface area contributed by atoms with Crippen LogP contribution in [0.5, 0.6) is 0 Å². The lowest BCUT2D eigenvalue weighted by Crippen LogP contribution is -2.54. The lowest BCUT2D eigenvalue weighted by Gasteiger charge is -2.38. The number of hydrogen-bond acceptors (Lipinski definition) is 5. The average molecular weight is 321 g/mol. The average Bonchev–Trinajstić information content (AvgIpc) is 2.82. The molecule has 21 heavy (non-hydrogen) atoms. The molecule has 0 aromatic rings. The van der Waals surface area contributed by atoms with Crippen molar-refractivity contribution in [1.29, 1.82) is 0 Å². The van der Waals surface area contributed by atoms with Crippen LogP contribution >= 0.6 is 0 Å². The fourth-order valence-electron chi connectivity index (χ4n) is 2.77. The minimum Gasteiger partial charge on any atom is -0.374 e. The maximum atomic E-state index is 6.33. The van der Waals surface area contributed by atoms with Gasteiger partial charge in [-0.15, -0.1) is 0 Å². The Morgan fingerprint density at radius 1 is 1.19 bits per heavy atom. The van der Waals surface area contributed by atoms with E-state index in [1.165, 1.54) is 0 Å². The summed E-state index contributed by atoms with van der Waals surface area (Å²) in [5.74, 6) is -0.681. The Balaban J connectivity index is 2.84. The lowest BCUT2D eigenvalue weighted by molar-refractivity contribution is -0.226. The third-order valence-corrected chi connectivity index (χ3v) is 7.00. The highest BCUT2D eigenvalue weighted by Gasteiger charge is 2.50. The van der Waals surface area contributed by atoms with E-state index >= 15 is 0 Å². The van der Waals surface area contributed by atoms with Crippen molar-refractivity contribution in [2.45, 2.75) is 78.4 Å². The van der Waals surface area contributed by atoms with Gasteiger partial charge < -0.3 is 22.8 Å². The molecule has 0 N–H and O–H groups in total. The molecule has 0 aliphatic carbocycles. The molecule has 1 fully saturated rings. The van der Waals surface area contributed by atoms with Gasteiger partial charge in [0.2, 0.25) is 0 Å². The Morgan fingerprint density at radius 3 is 2.19 bits per heavy atom. The molecule has 3 unspecified atom stereocenters. The van der Waals surface area contributed by atoms with Crippen molar-refractivity contribution < 1.29 is 22.8 Å². The number of rotatable bonds is 10. The van der Waals surface area contributed by atoms with Gasteiger partial charge in [0, 0.05) is 25.7 Å². The molecule has 0 amide bonds. The molecular formula is C15H32O5Si. The molecule has 126 valence electrons. The summed E-state index contributed by atoms with van der Waals surface area (Å²) in [6.45, 7) is 13.9. The molecule has 0 bridgehead atoms. The Labute approximate surface area is 130 Å². The van der Waals surface area contributed by atoms with Crippen molar-refractivity contribution in [1.82, 2.24) is 0 Å². The second kappa shape index (κ2) is 8.60. The molecule has 6 heteroatoms. The minimum atomic E-state index is -2.67. The molecular weight excluding hydrogens is 288 g/mol. The van der Waals surface area contributed by atoms with E-state index < -0.39 is 14.6 Å². The van der Waals surface area contributed by atoms with E-state index in [0.717, 1.165) is 18.9 Å². The van der Waals surface area contributed by atoms with E-state index in [2.05, 4.69) is 13.8 Å². The molecule has 1 saturated heterocycles. The summed E-state index contributed by atoms with van der Waals surface area (Å²) in [5.41, 5.74) is 0. The van der Waals surface area contributed by atoms with E-state index in [4.69, 9.17) is 22.8 Å². The van der Waals surface area contributed by atoms with Crippen molar-refractivity contribution >= 4 is 8.80 Å². The molecule has 1 rings (SSSR count). The standard InChI is InChI=1S/C15H32O5Si/c1-7-11-21(17-9-3,18-10-4)20-14(6)15(8-2)16-12-13(5)19-15/h13-14H,7-12H2,1-6H3. The maximum absolute atomic E-state index is 6.33. The first-order valence-corrected chi connectivity index (χ1v) is 10.2. The van der Waals surface area contributed by atoms with Gasteiger partial charge in [-0.05, 0) is 27.7 Å². The van der Waals surface area contributed by atoms with Crippen LogP contribution in [0.25, 0.3) is 0 Å². The molecule has 1 aliphatic heterocycles. The van der Waals surface area contributed by atoms with Crippen LogP contribution in [0.15, 0.2) is 0 Å². The van der Waals surface area contributed by atoms with Gasteiger partial charge >= 0.3 is 8.80 Å².